The Morgan fingerprint density at radius 1 is 1.31 bits per heavy atom. The highest BCUT2D eigenvalue weighted by Crippen LogP contribution is 2.32. The van der Waals surface area contributed by atoms with Crippen molar-refractivity contribution in [2.45, 2.75) is 38.8 Å². The van der Waals surface area contributed by atoms with Crippen LogP contribution >= 0.6 is 0 Å². The van der Waals surface area contributed by atoms with Crippen LogP contribution in [0.1, 0.15) is 41.4 Å². The predicted octanol–water partition coefficient (Wildman–Crippen LogP) is 2.68. The molecule has 0 spiro atoms. The highest BCUT2D eigenvalue weighted by atomic mass is 16.4. The van der Waals surface area contributed by atoms with Crippen LogP contribution in [0.3, 0.4) is 0 Å². The van der Waals surface area contributed by atoms with Gasteiger partial charge in [-0.15, -0.1) is 0 Å². The molecule has 0 saturated carbocycles. The van der Waals surface area contributed by atoms with Gasteiger partial charge in [-0.25, -0.2) is 4.79 Å². The number of aromatic nitrogens is 2. The van der Waals surface area contributed by atoms with Crippen molar-refractivity contribution in [3.63, 3.8) is 0 Å². The second-order valence-corrected chi connectivity index (χ2v) is 8.57. The summed E-state index contributed by atoms with van der Waals surface area (Å²) in [4.78, 5) is 28.8. The van der Waals surface area contributed by atoms with Gasteiger partial charge in [0.2, 0.25) is 0 Å². The summed E-state index contributed by atoms with van der Waals surface area (Å²) in [6.45, 7) is 4.75. The molecule has 4 rings (SSSR count). The van der Waals surface area contributed by atoms with Crippen molar-refractivity contribution >= 4 is 16.9 Å². The van der Waals surface area contributed by atoms with Crippen LogP contribution in [0.4, 0.5) is 0 Å². The minimum absolute atomic E-state index is 0.385. The number of fused-ring (bicyclic) bond motifs is 1. The number of nitrogens with one attached hydrogen (secondary N) is 2. The number of likely N-dealkylation sites (N-methyl/N-ethyl adjacent to an activating group) is 1. The fourth-order valence-electron chi connectivity index (χ4n) is 4.73. The van der Waals surface area contributed by atoms with Gasteiger partial charge in [0, 0.05) is 48.3 Å². The summed E-state index contributed by atoms with van der Waals surface area (Å²) in [5, 5.41) is 24.2. The third-order valence-corrected chi connectivity index (χ3v) is 6.59. The largest absolute Gasteiger partial charge is 0.506 e. The zero-order chi connectivity index (χ0) is 23.0. The summed E-state index contributed by atoms with van der Waals surface area (Å²) in [6.07, 6.45) is 2.77. The van der Waals surface area contributed by atoms with Crippen LogP contribution in [0, 0.1) is 0 Å². The molecule has 0 amide bonds. The number of nitrogens with zero attached hydrogens (tertiary/aromatic N) is 2. The van der Waals surface area contributed by atoms with Crippen LogP contribution in [0.5, 0.6) is 5.75 Å². The SMILES string of the molecule is CCc1c(-c2ccc3c(c2)cc(CN(C)C2CCCNC2)n3C)[nH]c(=O)c(C(=O)O)c1O. The molecule has 8 heteroatoms. The highest BCUT2D eigenvalue weighted by Gasteiger charge is 2.23. The molecule has 8 nitrogen and oxygen atoms in total. The van der Waals surface area contributed by atoms with E-state index in [1.807, 2.05) is 25.1 Å². The number of carboxylic acid groups (broad SMARTS) is 1. The molecular formula is C24H30N4O4. The Balaban J connectivity index is 1.72. The van der Waals surface area contributed by atoms with E-state index in [2.05, 4.69) is 39.9 Å². The van der Waals surface area contributed by atoms with Crippen LogP contribution in [0.2, 0.25) is 0 Å². The van der Waals surface area contributed by atoms with Gasteiger partial charge >= 0.3 is 5.97 Å². The van der Waals surface area contributed by atoms with Gasteiger partial charge in [0.1, 0.15) is 5.75 Å². The zero-order valence-corrected chi connectivity index (χ0v) is 18.7. The minimum atomic E-state index is -1.44. The topological polar surface area (TPSA) is 111 Å². The Bertz CT molecular complexity index is 1220. The maximum Gasteiger partial charge on any atom is 0.345 e. The lowest BCUT2D eigenvalue weighted by Gasteiger charge is -2.31. The Morgan fingerprint density at radius 3 is 2.75 bits per heavy atom. The van der Waals surface area contributed by atoms with Gasteiger partial charge in [-0.3, -0.25) is 9.69 Å². The number of piperidine rings is 1. The molecule has 1 atom stereocenters. The number of pyridine rings is 1. The standard InChI is InChI=1S/C24H30N4O4/c1-4-18-21(26-23(30)20(22(18)29)24(31)32)14-7-8-19-15(10-14)11-17(28(19)3)13-27(2)16-6-5-9-25-12-16/h7-8,10-11,16,25H,4-6,9,12-13H2,1-3H3,(H,31,32)(H2,26,29,30). The highest BCUT2D eigenvalue weighted by molar-refractivity contribution is 5.92. The van der Waals surface area contributed by atoms with Crippen LogP contribution < -0.4 is 10.9 Å². The lowest BCUT2D eigenvalue weighted by molar-refractivity contribution is 0.0691. The maximum absolute atomic E-state index is 12.3. The zero-order valence-electron chi connectivity index (χ0n) is 18.7. The Hall–Kier alpha value is -3.10. The van der Waals surface area contributed by atoms with Gasteiger partial charge in [-0.05, 0) is 56.6 Å². The first-order valence-electron chi connectivity index (χ1n) is 11.0. The summed E-state index contributed by atoms with van der Waals surface area (Å²) in [5.41, 5.74) is 2.46. The normalized spacial score (nSPS) is 16.7. The second-order valence-electron chi connectivity index (χ2n) is 8.57. The van der Waals surface area contributed by atoms with E-state index in [1.54, 1.807) is 0 Å². The van der Waals surface area contributed by atoms with Crippen LogP contribution in [-0.2, 0) is 20.0 Å². The third-order valence-electron chi connectivity index (χ3n) is 6.59. The first-order chi connectivity index (χ1) is 15.3. The lowest BCUT2D eigenvalue weighted by atomic mass is 9.99. The molecule has 0 radical (unpaired) electrons. The van der Waals surface area contributed by atoms with Crippen molar-refractivity contribution in [3.05, 3.63) is 51.4 Å². The summed E-state index contributed by atoms with van der Waals surface area (Å²) >= 11 is 0. The van der Waals surface area contributed by atoms with Crippen molar-refractivity contribution in [2.24, 2.45) is 7.05 Å². The summed E-state index contributed by atoms with van der Waals surface area (Å²) in [5.74, 6) is -1.90. The van der Waals surface area contributed by atoms with Gasteiger partial charge in [0.25, 0.3) is 5.56 Å². The van der Waals surface area contributed by atoms with Crippen molar-refractivity contribution in [3.8, 4) is 17.0 Å². The fourth-order valence-corrected chi connectivity index (χ4v) is 4.73. The number of benzene rings is 1. The molecule has 2 aromatic heterocycles. The van der Waals surface area contributed by atoms with Gasteiger partial charge in [-0.1, -0.05) is 13.0 Å². The number of aromatic carboxylic acids is 1. The molecule has 1 unspecified atom stereocenters. The van der Waals surface area contributed by atoms with Crippen LogP contribution in [0.25, 0.3) is 22.2 Å². The Morgan fingerprint density at radius 2 is 2.09 bits per heavy atom. The molecule has 0 aliphatic carbocycles. The first kappa shape index (κ1) is 22.1. The molecule has 1 aliphatic heterocycles. The molecule has 32 heavy (non-hydrogen) atoms. The number of aromatic amines is 1. The van der Waals surface area contributed by atoms with Gasteiger partial charge in [0.15, 0.2) is 5.56 Å². The van der Waals surface area contributed by atoms with E-state index in [-0.39, 0.29) is 0 Å². The Kier molecular flexibility index (Phi) is 6.08. The molecule has 1 fully saturated rings. The monoisotopic (exact) mass is 438 g/mol. The smallest absolute Gasteiger partial charge is 0.345 e. The Labute approximate surface area is 186 Å². The number of hydrogen-bond donors (Lipinski definition) is 4. The van der Waals surface area contributed by atoms with E-state index in [0.29, 0.717) is 23.7 Å². The summed E-state index contributed by atoms with van der Waals surface area (Å²) in [7, 11) is 4.21. The van der Waals surface area contributed by atoms with Crippen LogP contribution in [0.15, 0.2) is 29.1 Å². The van der Waals surface area contributed by atoms with Crippen molar-refractivity contribution in [2.75, 3.05) is 20.1 Å². The number of hydrogen-bond acceptors (Lipinski definition) is 5. The van der Waals surface area contributed by atoms with Crippen molar-refractivity contribution in [1.82, 2.24) is 19.8 Å². The molecule has 1 aromatic carbocycles. The number of aromatic hydroxyl groups is 1. The molecule has 3 heterocycles. The number of carboxylic acids is 1. The number of aryl methyl sites for hydroxylation is 1. The van der Waals surface area contributed by atoms with Gasteiger partial charge in [-0.2, -0.15) is 0 Å². The van der Waals surface area contributed by atoms with Gasteiger partial charge < -0.3 is 25.1 Å². The summed E-state index contributed by atoms with van der Waals surface area (Å²) < 4.78 is 2.18. The quantitative estimate of drug-likeness (QED) is 0.471. The predicted molar refractivity (Wildman–Crippen MR) is 124 cm³/mol. The average Bonchev–Trinajstić information content (AvgIpc) is 3.08. The first-order valence-corrected chi connectivity index (χ1v) is 11.0. The maximum atomic E-state index is 12.3. The minimum Gasteiger partial charge on any atom is -0.506 e. The van der Waals surface area contributed by atoms with Crippen molar-refractivity contribution < 1.29 is 15.0 Å². The van der Waals surface area contributed by atoms with Gasteiger partial charge in [0.05, 0.1) is 5.69 Å². The van der Waals surface area contributed by atoms with Crippen LogP contribution in [-0.4, -0.2) is 56.8 Å². The number of rotatable bonds is 6. The number of H-pyrrole nitrogens is 1. The molecule has 3 aromatic rings. The van der Waals surface area contributed by atoms with E-state index in [0.717, 1.165) is 36.1 Å². The molecule has 4 N–H and O–H groups in total. The fraction of sp³-hybridized carbons (Fsp3) is 0.417. The van der Waals surface area contributed by atoms with E-state index in [9.17, 15) is 19.8 Å². The van der Waals surface area contributed by atoms with E-state index in [1.165, 1.54) is 18.5 Å². The molecule has 170 valence electrons. The average molecular weight is 439 g/mol. The molecule has 0 bridgehead atoms. The van der Waals surface area contributed by atoms with E-state index in [4.69, 9.17) is 0 Å². The lowest BCUT2D eigenvalue weighted by Crippen LogP contribution is -2.43. The molecular weight excluding hydrogens is 408 g/mol. The number of carbonyl (C=O) groups is 1. The van der Waals surface area contributed by atoms with E-state index >= 15 is 0 Å². The van der Waals surface area contributed by atoms with Crippen molar-refractivity contribution in [1.29, 1.82) is 0 Å². The third kappa shape index (κ3) is 3.91. The molecule has 1 aliphatic rings. The summed E-state index contributed by atoms with van der Waals surface area (Å²) in [6, 6.07) is 8.54. The van der Waals surface area contributed by atoms with E-state index < -0.39 is 22.8 Å². The molecule has 1 saturated heterocycles. The second kappa shape index (κ2) is 8.80.